The van der Waals surface area contributed by atoms with Crippen LogP contribution in [0.4, 0.5) is 10.1 Å². The first kappa shape index (κ1) is 20.3. The highest BCUT2D eigenvalue weighted by atomic mass is 19.1. The normalized spacial score (nSPS) is 15.3. The third-order valence-electron chi connectivity index (χ3n) is 4.81. The molecule has 6 nitrogen and oxygen atoms in total. The summed E-state index contributed by atoms with van der Waals surface area (Å²) in [6.07, 6.45) is -0.872. The first-order chi connectivity index (χ1) is 14.9. The van der Waals surface area contributed by atoms with Gasteiger partial charge in [-0.15, -0.1) is 5.10 Å². The molecule has 0 spiro atoms. The minimum absolute atomic E-state index is 0.0207. The average molecular weight is 417 g/mol. The zero-order valence-electron chi connectivity index (χ0n) is 17.0. The van der Waals surface area contributed by atoms with Crippen LogP contribution in [-0.2, 0) is 9.53 Å². The Kier molecular flexibility index (Phi) is 5.49. The van der Waals surface area contributed by atoms with Crippen molar-refractivity contribution in [1.29, 1.82) is 0 Å². The summed E-state index contributed by atoms with van der Waals surface area (Å²) in [6.45, 7) is 3.30. The fourth-order valence-corrected chi connectivity index (χ4v) is 3.20. The maximum absolute atomic E-state index is 14.2. The number of halogens is 1. The van der Waals surface area contributed by atoms with Crippen molar-refractivity contribution in [2.24, 2.45) is 5.10 Å². The molecular formula is C24H20FN3O3. The molecule has 4 rings (SSSR count). The number of aryl methyl sites for hydroxylation is 1. The Morgan fingerprint density at radius 2 is 1.77 bits per heavy atom. The number of carbonyl (C=O) groups is 2. The Labute approximate surface area is 179 Å². The number of hydrogen-bond acceptors (Lipinski definition) is 4. The SMILES string of the molecule is CC(=O)N1N=C(c2ccccc2F)OC1c1cccc(NC(=O)c2ccc(C)cc2)c1. The molecule has 3 aromatic carbocycles. The summed E-state index contributed by atoms with van der Waals surface area (Å²) in [5.41, 5.74) is 2.89. The summed E-state index contributed by atoms with van der Waals surface area (Å²) in [5, 5.41) is 8.17. The smallest absolute Gasteiger partial charge is 0.255 e. The van der Waals surface area contributed by atoms with Crippen LogP contribution in [0.1, 0.15) is 40.2 Å². The van der Waals surface area contributed by atoms with E-state index in [2.05, 4.69) is 10.4 Å². The fourth-order valence-electron chi connectivity index (χ4n) is 3.20. The number of hydrogen-bond donors (Lipinski definition) is 1. The van der Waals surface area contributed by atoms with E-state index in [0.29, 0.717) is 16.8 Å². The molecule has 0 saturated carbocycles. The predicted molar refractivity (Wildman–Crippen MR) is 115 cm³/mol. The Morgan fingerprint density at radius 3 is 2.48 bits per heavy atom. The summed E-state index contributed by atoms with van der Waals surface area (Å²) in [6, 6.07) is 20.2. The Hall–Kier alpha value is -4.00. The molecule has 2 amide bonds. The number of ether oxygens (including phenoxy) is 1. The van der Waals surface area contributed by atoms with E-state index in [-0.39, 0.29) is 23.3 Å². The Balaban J connectivity index is 1.58. The van der Waals surface area contributed by atoms with Gasteiger partial charge in [0.05, 0.1) is 5.56 Å². The van der Waals surface area contributed by atoms with Gasteiger partial charge in [-0.05, 0) is 43.3 Å². The summed E-state index contributed by atoms with van der Waals surface area (Å²) < 4.78 is 20.0. The van der Waals surface area contributed by atoms with Gasteiger partial charge in [-0.2, -0.15) is 5.01 Å². The largest absolute Gasteiger partial charge is 0.446 e. The number of anilines is 1. The number of rotatable bonds is 4. The van der Waals surface area contributed by atoms with Crippen LogP contribution in [0.5, 0.6) is 0 Å². The lowest BCUT2D eigenvalue weighted by atomic mass is 10.1. The monoisotopic (exact) mass is 417 g/mol. The van der Waals surface area contributed by atoms with Crippen molar-refractivity contribution in [3.63, 3.8) is 0 Å². The molecular weight excluding hydrogens is 397 g/mol. The van der Waals surface area contributed by atoms with Crippen molar-refractivity contribution in [1.82, 2.24) is 5.01 Å². The van der Waals surface area contributed by atoms with Crippen LogP contribution >= 0.6 is 0 Å². The molecule has 0 saturated heterocycles. The quantitative estimate of drug-likeness (QED) is 0.673. The second kappa shape index (κ2) is 8.39. The lowest BCUT2D eigenvalue weighted by Gasteiger charge is -2.20. The molecule has 1 aliphatic heterocycles. The zero-order valence-corrected chi connectivity index (χ0v) is 17.0. The van der Waals surface area contributed by atoms with Gasteiger partial charge in [0.2, 0.25) is 18.0 Å². The van der Waals surface area contributed by atoms with E-state index in [0.717, 1.165) is 10.6 Å². The summed E-state index contributed by atoms with van der Waals surface area (Å²) in [4.78, 5) is 24.7. The average Bonchev–Trinajstić information content (AvgIpc) is 3.20. The van der Waals surface area contributed by atoms with Gasteiger partial charge in [0.15, 0.2) is 0 Å². The molecule has 1 N–H and O–H groups in total. The molecule has 3 aromatic rings. The minimum atomic E-state index is -0.872. The number of nitrogens with one attached hydrogen (secondary N) is 1. The van der Waals surface area contributed by atoms with E-state index in [1.54, 1.807) is 48.5 Å². The Bertz CT molecular complexity index is 1170. The van der Waals surface area contributed by atoms with Gasteiger partial charge in [-0.25, -0.2) is 4.39 Å². The fraction of sp³-hybridized carbons (Fsp3) is 0.125. The number of carbonyl (C=O) groups excluding carboxylic acids is 2. The number of nitrogens with zero attached hydrogens (tertiary/aromatic N) is 2. The summed E-state index contributed by atoms with van der Waals surface area (Å²) in [7, 11) is 0. The van der Waals surface area contributed by atoms with E-state index >= 15 is 0 Å². The van der Waals surface area contributed by atoms with E-state index in [4.69, 9.17) is 4.74 Å². The second-order valence-corrected chi connectivity index (χ2v) is 7.16. The van der Waals surface area contributed by atoms with Gasteiger partial charge in [0.1, 0.15) is 5.82 Å². The molecule has 0 aromatic heterocycles. The standard InChI is InChI=1S/C24H20FN3O3/c1-15-10-12-17(13-11-15)22(30)26-19-7-5-6-18(14-19)24-28(16(2)29)27-23(31-24)20-8-3-4-9-21(20)25/h3-14,24H,1-2H3,(H,26,30). The molecule has 1 atom stereocenters. The highest BCUT2D eigenvalue weighted by Crippen LogP contribution is 2.32. The summed E-state index contributed by atoms with van der Waals surface area (Å²) in [5.74, 6) is -1.08. The zero-order chi connectivity index (χ0) is 22.0. The molecule has 0 aliphatic carbocycles. The van der Waals surface area contributed by atoms with Gasteiger partial charge in [-0.1, -0.05) is 42.0 Å². The number of benzene rings is 3. The van der Waals surface area contributed by atoms with Crippen molar-refractivity contribution in [2.45, 2.75) is 20.1 Å². The maximum atomic E-state index is 14.2. The second-order valence-electron chi connectivity index (χ2n) is 7.16. The van der Waals surface area contributed by atoms with E-state index in [9.17, 15) is 14.0 Å². The lowest BCUT2D eigenvalue weighted by molar-refractivity contribution is -0.135. The van der Waals surface area contributed by atoms with E-state index in [1.807, 2.05) is 19.1 Å². The third-order valence-corrected chi connectivity index (χ3v) is 4.81. The molecule has 0 bridgehead atoms. The molecule has 1 aliphatic rings. The van der Waals surface area contributed by atoms with Crippen LogP contribution in [0.3, 0.4) is 0 Å². The van der Waals surface area contributed by atoms with Crippen molar-refractivity contribution in [2.75, 3.05) is 5.32 Å². The van der Waals surface area contributed by atoms with Crippen LogP contribution in [-0.4, -0.2) is 22.7 Å². The van der Waals surface area contributed by atoms with Gasteiger partial charge < -0.3 is 10.1 Å². The molecule has 1 heterocycles. The molecule has 0 radical (unpaired) electrons. The van der Waals surface area contributed by atoms with Crippen LogP contribution in [0, 0.1) is 12.7 Å². The number of amides is 2. The van der Waals surface area contributed by atoms with Crippen molar-refractivity contribution < 1.29 is 18.7 Å². The molecule has 7 heteroatoms. The summed E-state index contributed by atoms with van der Waals surface area (Å²) >= 11 is 0. The highest BCUT2D eigenvalue weighted by Gasteiger charge is 2.34. The number of hydrazone groups is 1. The Morgan fingerprint density at radius 1 is 1.03 bits per heavy atom. The minimum Gasteiger partial charge on any atom is -0.446 e. The van der Waals surface area contributed by atoms with Gasteiger partial charge in [-0.3, -0.25) is 9.59 Å². The lowest BCUT2D eigenvalue weighted by Crippen LogP contribution is -2.25. The molecule has 31 heavy (non-hydrogen) atoms. The first-order valence-corrected chi connectivity index (χ1v) is 9.70. The van der Waals surface area contributed by atoms with Crippen molar-refractivity contribution in [3.05, 3.63) is 101 Å². The van der Waals surface area contributed by atoms with Gasteiger partial charge in [0, 0.05) is 23.7 Å². The highest BCUT2D eigenvalue weighted by molar-refractivity contribution is 6.04. The molecule has 0 fully saturated rings. The van der Waals surface area contributed by atoms with E-state index in [1.165, 1.54) is 19.1 Å². The van der Waals surface area contributed by atoms with Crippen LogP contribution in [0.15, 0.2) is 77.9 Å². The topological polar surface area (TPSA) is 71.0 Å². The van der Waals surface area contributed by atoms with Gasteiger partial charge >= 0.3 is 0 Å². The predicted octanol–water partition coefficient (Wildman–Crippen LogP) is 4.63. The van der Waals surface area contributed by atoms with Gasteiger partial charge in [0.25, 0.3) is 5.91 Å². The van der Waals surface area contributed by atoms with Crippen LogP contribution in [0.2, 0.25) is 0 Å². The van der Waals surface area contributed by atoms with E-state index < -0.39 is 12.0 Å². The van der Waals surface area contributed by atoms with Crippen LogP contribution < -0.4 is 5.32 Å². The maximum Gasteiger partial charge on any atom is 0.255 e. The third kappa shape index (κ3) is 4.30. The molecule has 1 unspecified atom stereocenters. The van der Waals surface area contributed by atoms with Crippen molar-refractivity contribution >= 4 is 23.4 Å². The van der Waals surface area contributed by atoms with Crippen LogP contribution in [0.25, 0.3) is 0 Å². The van der Waals surface area contributed by atoms with Crippen molar-refractivity contribution in [3.8, 4) is 0 Å². The first-order valence-electron chi connectivity index (χ1n) is 9.70. The molecule has 156 valence electrons.